The van der Waals surface area contributed by atoms with E-state index in [1.807, 2.05) is 30.3 Å². The zero-order valence-corrected chi connectivity index (χ0v) is 13.4. The third kappa shape index (κ3) is 3.33. The Bertz CT molecular complexity index is 889. The lowest BCUT2D eigenvalue weighted by molar-refractivity contribution is 0.101. The molecule has 6 heteroatoms. The van der Waals surface area contributed by atoms with Gasteiger partial charge in [-0.1, -0.05) is 35.5 Å². The number of aromatic nitrogens is 1. The van der Waals surface area contributed by atoms with E-state index >= 15 is 0 Å². The van der Waals surface area contributed by atoms with E-state index in [1.54, 1.807) is 24.3 Å². The molecule has 0 saturated carbocycles. The van der Waals surface area contributed by atoms with Crippen LogP contribution in [0.3, 0.4) is 0 Å². The van der Waals surface area contributed by atoms with Crippen molar-refractivity contribution in [1.82, 2.24) is 5.16 Å². The number of fused-ring (bicyclic) bond motifs is 1. The normalized spacial score (nSPS) is 13.1. The Kier molecular flexibility index (Phi) is 4.08. The van der Waals surface area contributed by atoms with Crippen molar-refractivity contribution in [3.8, 4) is 22.8 Å². The van der Waals surface area contributed by atoms with E-state index in [-0.39, 0.29) is 11.6 Å². The van der Waals surface area contributed by atoms with Crippen LogP contribution in [-0.2, 0) is 0 Å². The van der Waals surface area contributed by atoms with E-state index in [1.165, 1.54) is 0 Å². The van der Waals surface area contributed by atoms with Crippen LogP contribution in [0.1, 0.15) is 16.9 Å². The zero-order chi connectivity index (χ0) is 17.1. The van der Waals surface area contributed by atoms with Gasteiger partial charge in [-0.3, -0.25) is 4.79 Å². The van der Waals surface area contributed by atoms with Gasteiger partial charge in [-0.2, -0.15) is 0 Å². The number of nitrogens with zero attached hydrogens (tertiary/aromatic N) is 1. The van der Waals surface area contributed by atoms with Gasteiger partial charge in [0.1, 0.15) is 0 Å². The molecule has 4 rings (SSSR count). The molecule has 0 unspecified atom stereocenters. The van der Waals surface area contributed by atoms with Crippen molar-refractivity contribution in [3.05, 3.63) is 60.3 Å². The summed E-state index contributed by atoms with van der Waals surface area (Å²) in [5.74, 6) is 1.51. The van der Waals surface area contributed by atoms with Gasteiger partial charge in [-0.05, 0) is 12.1 Å². The van der Waals surface area contributed by atoms with Crippen LogP contribution in [0.5, 0.6) is 11.5 Å². The number of carbonyl (C=O) groups excluding carboxylic acids is 1. The molecule has 0 fully saturated rings. The lowest BCUT2D eigenvalue weighted by Crippen LogP contribution is -2.12. The van der Waals surface area contributed by atoms with E-state index in [2.05, 4.69) is 10.5 Å². The van der Waals surface area contributed by atoms with E-state index in [9.17, 15) is 4.79 Å². The minimum Gasteiger partial charge on any atom is -0.490 e. The lowest BCUT2D eigenvalue weighted by atomic mass is 10.1. The molecule has 1 aliphatic rings. The van der Waals surface area contributed by atoms with Crippen molar-refractivity contribution in [2.75, 3.05) is 18.5 Å². The molecule has 0 spiro atoms. The largest absolute Gasteiger partial charge is 0.490 e. The van der Waals surface area contributed by atoms with Crippen LogP contribution in [0.15, 0.2) is 59.1 Å². The highest BCUT2D eigenvalue weighted by molar-refractivity contribution is 6.03. The fraction of sp³-hybridized carbons (Fsp3) is 0.158. The van der Waals surface area contributed by atoms with Gasteiger partial charge in [0, 0.05) is 29.8 Å². The molecular weight excluding hydrogens is 320 g/mol. The third-order valence-electron chi connectivity index (χ3n) is 3.81. The molecule has 3 aromatic rings. The standard InChI is InChI=1S/C19H16N2O4/c22-19(15-12-17(25-21-15)13-5-2-1-3-6-13)20-14-7-8-16-18(11-14)24-10-4-9-23-16/h1-3,5-8,11-12H,4,9-10H2,(H,20,22). The van der Waals surface area contributed by atoms with Crippen molar-refractivity contribution >= 4 is 11.6 Å². The maximum Gasteiger partial charge on any atom is 0.277 e. The van der Waals surface area contributed by atoms with Gasteiger partial charge in [-0.15, -0.1) is 0 Å². The van der Waals surface area contributed by atoms with Crippen molar-refractivity contribution in [3.63, 3.8) is 0 Å². The third-order valence-corrected chi connectivity index (χ3v) is 3.81. The second-order valence-electron chi connectivity index (χ2n) is 5.61. The number of hydrogen-bond donors (Lipinski definition) is 1. The van der Waals surface area contributed by atoms with Crippen LogP contribution < -0.4 is 14.8 Å². The van der Waals surface area contributed by atoms with E-state index in [0.717, 1.165) is 12.0 Å². The first-order valence-corrected chi connectivity index (χ1v) is 8.03. The van der Waals surface area contributed by atoms with Crippen LogP contribution in [0.4, 0.5) is 5.69 Å². The van der Waals surface area contributed by atoms with Gasteiger partial charge < -0.3 is 19.3 Å². The molecule has 0 atom stereocenters. The highest BCUT2D eigenvalue weighted by atomic mass is 16.5. The highest BCUT2D eigenvalue weighted by Gasteiger charge is 2.16. The van der Waals surface area contributed by atoms with Crippen LogP contribution in [0, 0.1) is 0 Å². The fourth-order valence-electron chi connectivity index (χ4n) is 2.56. The first kappa shape index (κ1) is 15.3. The maximum absolute atomic E-state index is 12.4. The summed E-state index contributed by atoms with van der Waals surface area (Å²) in [6.45, 7) is 1.22. The summed E-state index contributed by atoms with van der Waals surface area (Å²) < 4.78 is 16.5. The van der Waals surface area contributed by atoms with Crippen LogP contribution >= 0.6 is 0 Å². The van der Waals surface area contributed by atoms with Gasteiger partial charge in [0.05, 0.1) is 13.2 Å². The summed E-state index contributed by atoms with van der Waals surface area (Å²) in [6.07, 6.45) is 0.831. The summed E-state index contributed by atoms with van der Waals surface area (Å²) in [5.41, 5.74) is 1.69. The topological polar surface area (TPSA) is 73.6 Å². The summed E-state index contributed by atoms with van der Waals surface area (Å²) in [6, 6.07) is 16.4. The van der Waals surface area contributed by atoms with Gasteiger partial charge >= 0.3 is 0 Å². The first-order chi connectivity index (χ1) is 12.3. The van der Waals surface area contributed by atoms with Crippen molar-refractivity contribution in [2.45, 2.75) is 6.42 Å². The quantitative estimate of drug-likeness (QED) is 0.788. The average Bonchev–Trinajstić information content (AvgIpc) is 3.03. The van der Waals surface area contributed by atoms with Gasteiger partial charge in [-0.25, -0.2) is 0 Å². The molecular formula is C19H16N2O4. The first-order valence-electron chi connectivity index (χ1n) is 8.03. The Morgan fingerprint density at radius 2 is 1.76 bits per heavy atom. The van der Waals surface area contributed by atoms with E-state index in [0.29, 0.717) is 36.2 Å². The molecule has 25 heavy (non-hydrogen) atoms. The minimum atomic E-state index is -0.347. The predicted molar refractivity (Wildman–Crippen MR) is 91.9 cm³/mol. The Morgan fingerprint density at radius 3 is 2.60 bits per heavy atom. The Labute approximate surface area is 144 Å². The van der Waals surface area contributed by atoms with Gasteiger partial charge in [0.25, 0.3) is 5.91 Å². The fourth-order valence-corrected chi connectivity index (χ4v) is 2.56. The number of amides is 1. The van der Waals surface area contributed by atoms with Crippen LogP contribution in [-0.4, -0.2) is 24.3 Å². The number of ether oxygens (including phenoxy) is 2. The number of anilines is 1. The molecule has 6 nitrogen and oxygen atoms in total. The van der Waals surface area contributed by atoms with Gasteiger partial charge in [0.15, 0.2) is 23.0 Å². The smallest absolute Gasteiger partial charge is 0.277 e. The number of carbonyl (C=O) groups is 1. The van der Waals surface area contributed by atoms with E-state index in [4.69, 9.17) is 14.0 Å². The summed E-state index contributed by atoms with van der Waals surface area (Å²) >= 11 is 0. The minimum absolute atomic E-state index is 0.214. The number of hydrogen-bond acceptors (Lipinski definition) is 5. The monoisotopic (exact) mass is 336 g/mol. The van der Waals surface area contributed by atoms with E-state index < -0.39 is 0 Å². The summed E-state index contributed by atoms with van der Waals surface area (Å²) in [4.78, 5) is 12.4. The molecule has 1 aliphatic heterocycles. The molecule has 1 aromatic heterocycles. The molecule has 2 heterocycles. The Morgan fingerprint density at radius 1 is 0.960 bits per heavy atom. The number of benzene rings is 2. The maximum atomic E-state index is 12.4. The predicted octanol–water partition coefficient (Wildman–Crippen LogP) is 3.76. The highest BCUT2D eigenvalue weighted by Crippen LogP contribution is 2.32. The molecule has 0 saturated heterocycles. The zero-order valence-electron chi connectivity index (χ0n) is 13.4. The molecule has 2 aromatic carbocycles. The van der Waals surface area contributed by atoms with Gasteiger partial charge in [0.2, 0.25) is 0 Å². The lowest BCUT2D eigenvalue weighted by Gasteiger charge is -2.09. The second-order valence-corrected chi connectivity index (χ2v) is 5.61. The molecule has 1 N–H and O–H groups in total. The molecule has 0 radical (unpaired) electrons. The Hall–Kier alpha value is -3.28. The number of nitrogens with one attached hydrogen (secondary N) is 1. The van der Waals surface area contributed by atoms with Crippen molar-refractivity contribution in [2.24, 2.45) is 0 Å². The molecule has 1 amide bonds. The molecule has 126 valence electrons. The van der Waals surface area contributed by atoms with Crippen LogP contribution in [0.25, 0.3) is 11.3 Å². The summed E-state index contributed by atoms with van der Waals surface area (Å²) in [5, 5.41) is 6.64. The van der Waals surface area contributed by atoms with Crippen molar-refractivity contribution in [1.29, 1.82) is 0 Å². The molecule has 0 bridgehead atoms. The summed E-state index contributed by atoms with van der Waals surface area (Å²) in [7, 11) is 0. The SMILES string of the molecule is O=C(Nc1ccc2c(c1)OCCCO2)c1cc(-c2ccccc2)on1. The Balaban J connectivity index is 1.51. The average molecular weight is 336 g/mol. The van der Waals surface area contributed by atoms with Crippen molar-refractivity contribution < 1.29 is 18.8 Å². The van der Waals surface area contributed by atoms with Crippen LogP contribution in [0.2, 0.25) is 0 Å². The second kappa shape index (κ2) is 6.68. The molecule has 0 aliphatic carbocycles. The number of rotatable bonds is 3.